The second kappa shape index (κ2) is 4.71. The fraction of sp³-hybridized carbons (Fsp3) is 0. The van der Waals surface area contributed by atoms with Crippen molar-refractivity contribution in [2.24, 2.45) is 0 Å². The van der Waals surface area contributed by atoms with Gasteiger partial charge in [0.05, 0.1) is 5.56 Å². The number of aromatic carboxylic acids is 1. The molecule has 1 N–H and O–H groups in total. The fourth-order valence-corrected chi connectivity index (χ4v) is 1.57. The maximum Gasteiger partial charge on any atom is 0.335 e. The molecule has 0 aliphatic heterocycles. The van der Waals surface area contributed by atoms with E-state index in [0.717, 1.165) is 0 Å². The third-order valence-corrected chi connectivity index (χ3v) is 2.49. The molecule has 0 aliphatic rings. The Labute approximate surface area is 103 Å². The van der Waals surface area contributed by atoms with Crippen LogP contribution in [0.25, 0.3) is 0 Å². The highest BCUT2D eigenvalue weighted by Gasteiger charge is 2.11. The molecule has 0 fully saturated rings. The summed E-state index contributed by atoms with van der Waals surface area (Å²) in [6, 6.07) is 11.2. The van der Waals surface area contributed by atoms with Crippen LogP contribution in [0.4, 0.5) is 0 Å². The Morgan fingerprint density at radius 2 is 1.50 bits per heavy atom. The standard InChI is InChI=1S/C14H10O4/c15-12-6-4-9(5-7-12)13(16)10-2-1-3-11(8-10)14(17)18/h1-8,15H,(H,17,18)/p-1. The van der Waals surface area contributed by atoms with Gasteiger partial charge in [-0.15, -0.1) is 5.75 Å². The Kier molecular flexibility index (Phi) is 3.10. The molecule has 0 aromatic heterocycles. The van der Waals surface area contributed by atoms with Crippen LogP contribution in [0.2, 0.25) is 0 Å². The molecule has 2 aromatic rings. The first kappa shape index (κ1) is 11.9. The van der Waals surface area contributed by atoms with Crippen LogP contribution in [0.5, 0.6) is 5.75 Å². The smallest absolute Gasteiger partial charge is 0.335 e. The Bertz CT molecular complexity index is 599. The predicted octanol–water partition coefficient (Wildman–Crippen LogP) is 1.69. The highest BCUT2D eigenvalue weighted by molar-refractivity contribution is 6.09. The maximum atomic E-state index is 12.0. The van der Waals surface area contributed by atoms with Crippen molar-refractivity contribution in [1.82, 2.24) is 0 Å². The van der Waals surface area contributed by atoms with Gasteiger partial charge in [-0.2, -0.15) is 0 Å². The molecule has 0 amide bonds. The number of carboxylic acids is 1. The summed E-state index contributed by atoms with van der Waals surface area (Å²) in [5.74, 6) is -1.57. The van der Waals surface area contributed by atoms with Crippen LogP contribution in [-0.4, -0.2) is 16.9 Å². The third-order valence-electron chi connectivity index (χ3n) is 2.49. The predicted molar refractivity (Wildman–Crippen MR) is 62.7 cm³/mol. The van der Waals surface area contributed by atoms with E-state index in [4.69, 9.17) is 5.11 Å². The van der Waals surface area contributed by atoms with E-state index in [2.05, 4.69) is 0 Å². The molecular weight excluding hydrogens is 232 g/mol. The minimum Gasteiger partial charge on any atom is -0.872 e. The molecule has 4 nitrogen and oxygen atoms in total. The average Bonchev–Trinajstić information content (AvgIpc) is 2.39. The molecule has 18 heavy (non-hydrogen) atoms. The molecule has 2 aromatic carbocycles. The molecule has 2 rings (SSSR count). The quantitative estimate of drug-likeness (QED) is 0.829. The number of rotatable bonds is 3. The van der Waals surface area contributed by atoms with E-state index >= 15 is 0 Å². The van der Waals surface area contributed by atoms with Gasteiger partial charge in [0.1, 0.15) is 0 Å². The zero-order valence-corrected chi connectivity index (χ0v) is 9.29. The Balaban J connectivity index is 2.37. The van der Waals surface area contributed by atoms with Gasteiger partial charge in [-0.1, -0.05) is 36.4 Å². The van der Waals surface area contributed by atoms with Crippen LogP contribution in [0.1, 0.15) is 26.3 Å². The normalized spacial score (nSPS) is 10.0. The molecule has 90 valence electrons. The van der Waals surface area contributed by atoms with Gasteiger partial charge in [-0.25, -0.2) is 4.79 Å². The molecule has 0 aliphatic carbocycles. The molecule has 0 saturated carbocycles. The lowest BCUT2D eigenvalue weighted by Gasteiger charge is -2.06. The summed E-state index contributed by atoms with van der Waals surface area (Å²) < 4.78 is 0. The number of hydrogen-bond donors (Lipinski definition) is 1. The lowest BCUT2D eigenvalue weighted by atomic mass is 10.0. The lowest BCUT2D eigenvalue weighted by molar-refractivity contribution is -0.268. The van der Waals surface area contributed by atoms with Crippen LogP contribution < -0.4 is 5.11 Å². The molecule has 0 radical (unpaired) electrons. The highest BCUT2D eigenvalue weighted by atomic mass is 16.4. The molecule has 0 heterocycles. The summed E-state index contributed by atoms with van der Waals surface area (Å²) in [5.41, 5.74) is 0.701. The van der Waals surface area contributed by atoms with E-state index in [1.54, 1.807) is 6.07 Å². The van der Waals surface area contributed by atoms with E-state index in [0.29, 0.717) is 5.56 Å². The Morgan fingerprint density at radius 3 is 2.11 bits per heavy atom. The van der Waals surface area contributed by atoms with Gasteiger partial charge >= 0.3 is 5.97 Å². The summed E-state index contributed by atoms with van der Waals surface area (Å²) in [7, 11) is 0. The van der Waals surface area contributed by atoms with E-state index in [1.807, 2.05) is 0 Å². The Morgan fingerprint density at radius 1 is 0.889 bits per heavy atom. The average molecular weight is 241 g/mol. The van der Waals surface area contributed by atoms with Crippen LogP contribution in [-0.2, 0) is 0 Å². The van der Waals surface area contributed by atoms with E-state index in [-0.39, 0.29) is 22.7 Å². The molecule has 4 heteroatoms. The van der Waals surface area contributed by atoms with E-state index in [9.17, 15) is 14.7 Å². The first-order valence-electron chi connectivity index (χ1n) is 5.23. The molecule has 0 spiro atoms. The molecule has 0 unspecified atom stereocenters. The van der Waals surface area contributed by atoms with E-state index < -0.39 is 5.97 Å². The highest BCUT2D eigenvalue weighted by Crippen LogP contribution is 2.14. The van der Waals surface area contributed by atoms with Gasteiger partial charge in [-0.3, -0.25) is 4.79 Å². The molecule has 0 atom stereocenters. The number of hydrogen-bond acceptors (Lipinski definition) is 3. The fourth-order valence-electron chi connectivity index (χ4n) is 1.57. The topological polar surface area (TPSA) is 77.4 Å². The van der Waals surface area contributed by atoms with Gasteiger partial charge in [-0.05, 0) is 12.1 Å². The molecule has 0 saturated heterocycles. The number of carbonyl (C=O) groups is 2. The Hall–Kier alpha value is -2.62. The van der Waals surface area contributed by atoms with Crippen molar-refractivity contribution in [3.63, 3.8) is 0 Å². The summed E-state index contributed by atoms with van der Waals surface area (Å²) in [4.78, 5) is 22.8. The second-order valence-electron chi connectivity index (χ2n) is 3.74. The van der Waals surface area contributed by atoms with Gasteiger partial charge in [0.2, 0.25) is 0 Å². The third kappa shape index (κ3) is 2.38. The van der Waals surface area contributed by atoms with Crippen molar-refractivity contribution in [1.29, 1.82) is 0 Å². The summed E-state index contributed by atoms with van der Waals surface area (Å²) >= 11 is 0. The number of ketones is 1. The van der Waals surface area contributed by atoms with Gasteiger partial charge in [0.25, 0.3) is 0 Å². The van der Waals surface area contributed by atoms with Crippen molar-refractivity contribution in [2.45, 2.75) is 0 Å². The largest absolute Gasteiger partial charge is 0.872 e. The second-order valence-corrected chi connectivity index (χ2v) is 3.74. The summed E-state index contributed by atoms with van der Waals surface area (Å²) in [6.07, 6.45) is 0. The van der Waals surface area contributed by atoms with Crippen molar-refractivity contribution in [3.05, 3.63) is 65.2 Å². The summed E-state index contributed by atoms with van der Waals surface area (Å²) in [6.45, 7) is 0. The monoisotopic (exact) mass is 241 g/mol. The summed E-state index contributed by atoms with van der Waals surface area (Å²) in [5, 5.41) is 19.8. The van der Waals surface area contributed by atoms with Crippen LogP contribution in [0.3, 0.4) is 0 Å². The van der Waals surface area contributed by atoms with E-state index in [1.165, 1.54) is 42.5 Å². The van der Waals surface area contributed by atoms with Gasteiger partial charge in [0.15, 0.2) is 5.78 Å². The van der Waals surface area contributed by atoms with Crippen LogP contribution in [0, 0.1) is 0 Å². The van der Waals surface area contributed by atoms with Crippen molar-refractivity contribution < 1.29 is 19.8 Å². The number of carbonyl (C=O) groups excluding carboxylic acids is 1. The zero-order chi connectivity index (χ0) is 13.1. The molecular formula is C14H9O4-. The SMILES string of the molecule is O=C(O)c1cccc(C(=O)c2ccc([O-])cc2)c1. The number of benzene rings is 2. The first-order valence-corrected chi connectivity index (χ1v) is 5.23. The van der Waals surface area contributed by atoms with Crippen LogP contribution >= 0.6 is 0 Å². The van der Waals surface area contributed by atoms with Crippen molar-refractivity contribution in [3.8, 4) is 5.75 Å². The van der Waals surface area contributed by atoms with Gasteiger partial charge in [0, 0.05) is 11.1 Å². The number of carboxylic acid groups (broad SMARTS) is 1. The van der Waals surface area contributed by atoms with Crippen molar-refractivity contribution >= 4 is 11.8 Å². The van der Waals surface area contributed by atoms with Gasteiger partial charge < -0.3 is 10.2 Å². The zero-order valence-electron chi connectivity index (χ0n) is 9.29. The molecule has 0 bridgehead atoms. The minimum absolute atomic E-state index is 0.0568. The van der Waals surface area contributed by atoms with Crippen LogP contribution in [0.15, 0.2) is 48.5 Å². The minimum atomic E-state index is -1.08. The maximum absolute atomic E-state index is 12.0. The first-order chi connectivity index (χ1) is 8.58. The van der Waals surface area contributed by atoms with Crippen molar-refractivity contribution in [2.75, 3.05) is 0 Å². The lowest BCUT2D eigenvalue weighted by Crippen LogP contribution is -2.04.